The van der Waals surface area contributed by atoms with Gasteiger partial charge in [-0.05, 0) is 44.9 Å². The van der Waals surface area contributed by atoms with Gasteiger partial charge in [0.15, 0.2) is 11.5 Å². The number of nitrogens with zero attached hydrogens (tertiary/aromatic N) is 7. The van der Waals surface area contributed by atoms with Crippen LogP contribution in [0.4, 0.5) is 5.82 Å². The molecular formula is C27H25N9O2. The highest BCUT2D eigenvalue weighted by Crippen LogP contribution is 2.36. The first kappa shape index (κ1) is 23.4. The van der Waals surface area contributed by atoms with Crippen molar-refractivity contribution in [3.8, 4) is 11.8 Å². The van der Waals surface area contributed by atoms with Crippen LogP contribution in [0.1, 0.15) is 64.9 Å². The zero-order valence-corrected chi connectivity index (χ0v) is 21.1. The van der Waals surface area contributed by atoms with E-state index in [9.17, 15) is 9.59 Å². The third-order valence-corrected chi connectivity index (χ3v) is 6.61. The maximum Gasteiger partial charge on any atom is 0.262 e. The van der Waals surface area contributed by atoms with E-state index < -0.39 is 11.9 Å². The summed E-state index contributed by atoms with van der Waals surface area (Å²) in [5.74, 6) is 6.32. The molecule has 4 aromatic heterocycles. The predicted octanol–water partition coefficient (Wildman–Crippen LogP) is 2.29. The van der Waals surface area contributed by atoms with E-state index in [2.05, 4.69) is 32.3 Å². The Morgan fingerprint density at radius 2 is 2.05 bits per heavy atom. The zero-order chi connectivity index (χ0) is 26.6. The summed E-state index contributed by atoms with van der Waals surface area (Å²) in [6.07, 6.45) is 6.84. The molecule has 0 bridgehead atoms. The van der Waals surface area contributed by atoms with Crippen molar-refractivity contribution in [3.05, 3.63) is 81.4 Å². The Hall–Kier alpha value is -4.98. The zero-order valence-electron chi connectivity index (χ0n) is 21.1. The van der Waals surface area contributed by atoms with E-state index in [1.807, 2.05) is 32.3 Å². The second-order valence-corrected chi connectivity index (χ2v) is 9.51. The Balaban J connectivity index is 1.40. The van der Waals surface area contributed by atoms with Gasteiger partial charge in [0.25, 0.3) is 11.5 Å². The van der Waals surface area contributed by atoms with E-state index in [1.165, 1.54) is 4.52 Å². The van der Waals surface area contributed by atoms with Gasteiger partial charge in [-0.15, -0.1) is 5.10 Å². The van der Waals surface area contributed by atoms with Gasteiger partial charge in [-0.1, -0.05) is 17.9 Å². The Bertz CT molecular complexity index is 1860. The van der Waals surface area contributed by atoms with Gasteiger partial charge in [0.05, 0.1) is 28.7 Å². The third kappa shape index (κ3) is 3.96. The average molecular weight is 508 g/mol. The van der Waals surface area contributed by atoms with Crippen LogP contribution in [-0.4, -0.2) is 39.8 Å². The predicted molar refractivity (Wildman–Crippen MR) is 141 cm³/mol. The van der Waals surface area contributed by atoms with Gasteiger partial charge >= 0.3 is 0 Å². The van der Waals surface area contributed by atoms with Gasteiger partial charge in [0, 0.05) is 36.7 Å². The van der Waals surface area contributed by atoms with Gasteiger partial charge in [0.1, 0.15) is 11.4 Å². The van der Waals surface area contributed by atoms with Crippen LogP contribution in [0.25, 0.3) is 16.6 Å². The molecule has 1 fully saturated rings. The van der Waals surface area contributed by atoms with Gasteiger partial charge < -0.3 is 11.1 Å². The van der Waals surface area contributed by atoms with Crippen LogP contribution in [0, 0.1) is 18.8 Å². The topological polar surface area (TPSA) is 138 Å². The molecule has 1 aliphatic carbocycles. The largest absolute Gasteiger partial charge is 0.381 e. The van der Waals surface area contributed by atoms with Crippen LogP contribution in [-0.2, 0) is 7.05 Å². The number of fused-ring (bicyclic) bond motifs is 2. The fourth-order valence-corrected chi connectivity index (χ4v) is 4.61. The number of anilines is 1. The molecular weight excluding hydrogens is 482 g/mol. The molecule has 0 spiro atoms. The molecule has 1 unspecified atom stereocenters. The number of aromatic nitrogens is 7. The molecule has 0 aliphatic heterocycles. The maximum absolute atomic E-state index is 13.8. The van der Waals surface area contributed by atoms with E-state index >= 15 is 0 Å². The molecule has 190 valence electrons. The van der Waals surface area contributed by atoms with Crippen molar-refractivity contribution in [2.75, 3.05) is 5.73 Å². The van der Waals surface area contributed by atoms with E-state index in [1.54, 1.807) is 40.7 Å². The summed E-state index contributed by atoms with van der Waals surface area (Å²) in [4.78, 5) is 36.3. The Morgan fingerprint density at radius 3 is 2.79 bits per heavy atom. The van der Waals surface area contributed by atoms with Crippen LogP contribution >= 0.6 is 0 Å². The van der Waals surface area contributed by atoms with Crippen LogP contribution in [0.3, 0.4) is 0 Å². The summed E-state index contributed by atoms with van der Waals surface area (Å²) >= 11 is 0. The molecule has 1 atom stereocenters. The minimum absolute atomic E-state index is 0.0273. The molecule has 0 saturated heterocycles. The highest BCUT2D eigenvalue weighted by Gasteiger charge is 2.31. The Kier molecular flexibility index (Phi) is 5.45. The second-order valence-electron chi connectivity index (χ2n) is 9.51. The third-order valence-electron chi connectivity index (χ3n) is 6.61. The fourth-order valence-electron chi connectivity index (χ4n) is 4.61. The standard InChI is InChI=1S/C27H25N9O2/c1-15-11-12-29-25-22(23(28)33-36(15)25)26(37)31-16(2)24-32-20-6-4-5-18(8-7-17-13-30-34(3)14-17)21(20)27(38)35(24)19-9-10-19/h4-6,11-14,16,19H,9-10H2,1-3H3,(H2,28,33)(H,31,37). The average Bonchev–Trinajstić information content (AvgIpc) is 3.54. The summed E-state index contributed by atoms with van der Waals surface area (Å²) in [6, 6.07) is 6.66. The number of nitrogens with one attached hydrogen (secondary N) is 1. The van der Waals surface area contributed by atoms with Crippen LogP contribution in [0.15, 0.2) is 47.7 Å². The lowest BCUT2D eigenvalue weighted by atomic mass is 10.1. The Labute approximate surface area is 217 Å². The van der Waals surface area contributed by atoms with Gasteiger partial charge in [-0.2, -0.15) is 5.10 Å². The van der Waals surface area contributed by atoms with Crippen molar-refractivity contribution >= 4 is 28.3 Å². The van der Waals surface area contributed by atoms with E-state index in [-0.39, 0.29) is 23.0 Å². The summed E-state index contributed by atoms with van der Waals surface area (Å²) in [6.45, 7) is 3.66. The number of hydrogen-bond donors (Lipinski definition) is 2. The first-order valence-corrected chi connectivity index (χ1v) is 12.3. The monoisotopic (exact) mass is 507 g/mol. The second kappa shape index (κ2) is 8.85. The van der Waals surface area contributed by atoms with E-state index in [0.717, 1.165) is 24.1 Å². The quantitative estimate of drug-likeness (QED) is 0.356. The molecule has 11 heteroatoms. The number of nitrogens with two attached hydrogens (primary N) is 1. The molecule has 0 radical (unpaired) electrons. The summed E-state index contributed by atoms with van der Waals surface area (Å²) < 4.78 is 4.91. The summed E-state index contributed by atoms with van der Waals surface area (Å²) in [5.41, 5.74) is 9.16. The number of carbonyl (C=O) groups excluding carboxylic acids is 1. The SMILES string of the molecule is Cc1ccnc2c(C(=O)NC(C)c3nc4cccc(C#Cc5cnn(C)c5)c4c(=O)n3C3CC3)c(N)nn12. The lowest BCUT2D eigenvalue weighted by Crippen LogP contribution is -2.34. The fraction of sp³-hybridized carbons (Fsp3) is 0.259. The molecule has 38 heavy (non-hydrogen) atoms. The lowest BCUT2D eigenvalue weighted by molar-refractivity contribution is 0.0939. The Morgan fingerprint density at radius 1 is 1.24 bits per heavy atom. The van der Waals surface area contributed by atoms with E-state index in [4.69, 9.17) is 10.7 Å². The van der Waals surface area contributed by atoms with Gasteiger partial charge in [-0.3, -0.25) is 18.8 Å². The lowest BCUT2D eigenvalue weighted by Gasteiger charge is -2.19. The number of amides is 1. The number of benzene rings is 1. The summed E-state index contributed by atoms with van der Waals surface area (Å²) in [7, 11) is 1.82. The first-order chi connectivity index (χ1) is 18.3. The van der Waals surface area contributed by atoms with Crippen LogP contribution in [0.2, 0.25) is 0 Å². The van der Waals surface area contributed by atoms with Crippen molar-refractivity contribution in [1.29, 1.82) is 0 Å². The van der Waals surface area contributed by atoms with Crippen molar-refractivity contribution < 1.29 is 4.79 Å². The van der Waals surface area contributed by atoms with Gasteiger partial charge in [-0.25, -0.2) is 14.5 Å². The molecule has 11 nitrogen and oxygen atoms in total. The summed E-state index contributed by atoms with van der Waals surface area (Å²) in [5, 5.41) is 11.8. The molecule has 1 aromatic carbocycles. The molecule has 6 rings (SSSR count). The molecule has 4 heterocycles. The number of rotatable bonds is 4. The molecule has 5 aromatic rings. The highest BCUT2D eigenvalue weighted by molar-refractivity contribution is 6.04. The molecule has 1 saturated carbocycles. The minimum Gasteiger partial charge on any atom is -0.381 e. The molecule has 1 amide bonds. The van der Waals surface area contributed by atoms with Crippen LogP contribution < -0.4 is 16.6 Å². The van der Waals surface area contributed by atoms with Gasteiger partial charge in [0.2, 0.25) is 0 Å². The van der Waals surface area contributed by atoms with E-state index in [0.29, 0.717) is 27.9 Å². The van der Waals surface area contributed by atoms with Crippen LogP contribution in [0.5, 0.6) is 0 Å². The smallest absolute Gasteiger partial charge is 0.262 e. The maximum atomic E-state index is 13.8. The number of aryl methyl sites for hydroxylation is 2. The molecule has 1 aliphatic rings. The molecule has 3 N–H and O–H groups in total. The number of hydrogen-bond acceptors (Lipinski definition) is 7. The van der Waals surface area contributed by atoms with Crippen molar-refractivity contribution in [2.24, 2.45) is 7.05 Å². The van der Waals surface area contributed by atoms with Crippen molar-refractivity contribution in [1.82, 2.24) is 39.2 Å². The highest BCUT2D eigenvalue weighted by atomic mass is 16.2. The van der Waals surface area contributed by atoms with Crippen molar-refractivity contribution in [2.45, 2.75) is 38.8 Å². The minimum atomic E-state index is -0.579. The number of nitrogen functional groups attached to an aromatic ring is 1. The van der Waals surface area contributed by atoms with Crippen molar-refractivity contribution in [3.63, 3.8) is 0 Å². The first-order valence-electron chi connectivity index (χ1n) is 12.3. The number of carbonyl (C=O) groups is 1. The normalized spacial score (nSPS) is 13.9.